The van der Waals surface area contributed by atoms with Gasteiger partial charge in [-0.15, -0.1) is 0 Å². The summed E-state index contributed by atoms with van der Waals surface area (Å²) in [5, 5.41) is 8.79. The lowest BCUT2D eigenvalue weighted by Crippen LogP contribution is -2.04. The van der Waals surface area contributed by atoms with Crippen molar-refractivity contribution < 1.29 is 19.4 Å². The molecule has 0 bridgehead atoms. The molecular formula is C10H18O4. The number of methoxy groups -OCH3 is 1. The Morgan fingerprint density at radius 3 is 2.64 bits per heavy atom. The van der Waals surface area contributed by atoms with E-state index in [0.29, 0.717) is 38.2 Å². The highest BCUT2D eigenvalue weighted by molar-refractivity contribution is 5.86. The van der Waals surface area contributed by atoms with Gasteiger partial charge in [0.1, 0.15) is 0 Å². The van der Waals surface area contributed by atoms with E-state index in [2.05, 4.69) is 0 Å². The molecule has 0 aromatic heterocycles. The second-order valence-corrected chi connectivity index (χ2v) is 2.76. The average Bonchev–Trinajstić information content (AvgIpc) is 2.16. The lowest BCUT2D eigenvalue weighted by Gasteiger charge is -2.02. The molecule has 0 radical (unpaired) electrons. The fourth-order valence-corrected chi connectivity index (χ4v) is 0.969. The molecule has 0 rings (SSSR count). The minimum absolute atomic E-state index is 0.395. The van der Waals surface area contributed by atoms with E-state index in [0.717, 1.165) is 0 Å². The summed E-state index contributed by atoms with van der Waals surface area (Å²) in [6, 6.07) is 0. The number of hydrogen-bond donors (Lipinski definition) is 1. The third-order valence-corrected chi connectivity index (χ3v) is 1.71. The monoisotopic (exact) mass is 202 g/mol. The van der Waals surface area contributed by atoms with E-state index in [1.165, 1.54) is 0 Å². The molecule has 0 saturated heterocycles. The predicted octanol–water partition coefficient (Wildman–Crippen LogP) is 1.46. The Balaban J connectivity index is 3.86. The van der Waals surface area contributed by atoms with E-state index in [4.69, 9.17) is 14.6 Å². The first-order chi connectivity index (χ1) is 6.72. The van der Waals surface area contributed by atoms with Crippen LogP contribution in [0.1, 0.15) is 19.8 Å². The molecule has 0 aliphatic heterocycles. The van der Waals surface area contributed by atoms with E-state index in [1.807, 2.05) is 6.92 Å². The zero-order valence-corrected chi connectivity index (χ0v) is 8.78. The van der Waals surface area contributed by atoms with Crippen LogP contribution in [0, 0.1) is 0 Å². The van der Waals surface area contributed by atoms with Gasteiger partial charge in [0.25, 0.3) is 0 Å². The third-order valence-electron chi connectivity index (χ3n) is 1.71. The SMILES string of the molecule is CCOCC/C=C(/CCOC)C(=O)O. The lowest BCUT2D eigenvalue weighted by atomic mass is 10.1. The highest BCUT2D eigenvalue weighted by atomic mass is 16.5. The number of carbonyl (C=O) groups is 1. The summed E-state index contributed by atoms with van der Waals surface area (Å²) < 4.78 is 9.91. The second-order valence-electron chi connectivity index (χ2n) is 2.76. The van der Waals surface area contributed by atoms with Crippen LogP contribution >= 0.6 is 0 Å². The van der Waals surface area contributed by atoms with Crippen molar-refractivity contribution in [3.8, 4) is 0 Å². The number of carboxylic acid groups (broad SMARTS) is 1. The highest BCUT2D eigenvalue weighted by Gasteiger charge is 2.05. The molecule has 82 valence electrons. The van der Waals surface area contributed by atoms with Gasteiger partial charge in [0.15, 0.2) is 0 Å². The van der Waals surface area contributed by atoms with Gasteiger partial charge in [0.2, 0.25) is 0 Å². The van der Waals surface area contributed by atoms with Crippen LogP contribution < -0.4 is 0 Å². The van der Waals surface area contributed by atoms with Gasteiger partial charge in [-0.05, 0) is 13.3 Å². The van der Waals surface area contributed by atoms with Crippen LogP contribution in [0.2, 0.25) is 0 Å². The van der Waals surface area contributed by atoms with Gasteiger partial charge in [-0.1, -0.05) is 6.08 Å². The fraction of sp³-hybridized carbons (Fsp3) is 0.700. The molecule has 4 nitrogen and oxygen atoms in total. The fourth-order valence-electron chi connectivity index (χ4n) is 0.969. The summed E-state index contributed by atoms with van der Waals surface area (Å²) in [4.78, 5) is 10.7. The molecular weight excluding hydrogens is 184 g/mol. The summed E-state index contributed by atoms with van der Waals surface area (Å²) in [6.07, 6.45) is 2.77. The smallest absolute Gasteiger partial charge is 0.331 e. The number of ether oxygens (including phenoxy) is 2. The Bertz CT molecular complexity index is 187. The summed E-state index contributed by atoms with van der Waals surface area (Å²) in [7, 11) is 1.56. The standard InChI is InChI=1S/C10H18O4/c1-3-14-7-4-5-9(10(11)12)6-8-13-2/h5H,3-4,6-8H2,1-2H3,(H,11,12)/b9-5-. The van der Waals surface area contributed by atoms with E-state index in [1.54, 1.807) is 13.2 Å². The van der Waals surface area contributed by atoms with Crippen LogP contribution in [0.4, 0.5) is 0 Å². The first-order valence-electron chi connectivity index (χ1n) is 4.71. The molecule has 0 spiro atoms. The minimum Gasteiger partial charge on any atom is -0.478 e. The molecule has 0 saturated carbocycles. The average molecular weight is 202 g/mol. The van der Waals surface area contributed by atoms with Crippen molar-refractivity contribution in [1.82, 2.24) is 0 Å². The Morgan fingerprint density at radius 2 is 2.14 bits per heavy atom. The minimum atomic E-state index is -0.876. The molecule has 0 fully saturated rings. The van der Waals surface area contributed by atoms with E-state index in [-0.39, 0.29) is 0 Å². The third kappa shape index (κ3) is 6.62. The largest absolute Gasteiger partial charge is 0.478 e. The predicted molar refractivity (Wildman–Crippen MR) is 53.3 cm³/mol. The summed E-state index contributed by atoms with van der Waals surface area (Å²) in [5.41, 5.74) is 0.395. The van der Waals surface area contributed by atoms with Crippen molar-refractivity contribution in [1.29, 1.82) is 0 Å². The highest BCUT2D eigenvalue weighted by Crippen LogP contribution is 2.03. The topological polar surface area (TPSA) is 55.8 Å². The summed E-state index contributed by atoms with van der Waals surface area (Å²) in [6.45, 7) is 3.58. The lowest BCUT2D eigenvalue weighted by molar-refractivity contribution is -0.132. The first-order valence-corrected chi connectivity index (χ1v) is 4.71. The van der Waals surface area contributed by atoms with Gasteiger partial charge in [-0.3, -0.25) is 0 Å². The Labute approximate surface area is 84.5 Å². The number of hydrogen-bond acceptors (Lipinski definition) is 3. The van der Waals surface area contributed by atoms with Crippen molar-refractivity contribution in [3.05, 3.63) is 11.6 Å². The van der Waals surface area contributed by atoms with Crippen LogP contribution in [0.25, 0.3) is 0 Å². The molecule has 0 heterocycles. The molecule has 0 aromatic carbocycles. The second kappa shape index (κ2) is 8.72. The van der Waals surface area contributed by atoms with Crippen molar-refractivity contribution in [2.45, 2.75) is 19.8 Å². The van der Waals surface area contributed by atoms with Crippen LogP contribution in [0.3, 0.4) is 0 Å². The molecule has 4 heteroatoms. The maximum absolute atomic E-state index is 10.7. The molecule has 0 aliphatic rings. The molecule has 1 N–H and O–H groups in total. The Morgan fingerprint density at radius 1 is 1.43 bits per heavy atom. The maximum Gasteiger partial charge on any atom is 0.331 e. The van der Waals surface area contributed by atoms with Crippen LogP contribution in [-0.4, -0.2) is 38.0 Å². The zero-order chi connectivity index (χ0) is 10.8. The Kier molecular flexibility index (Phi) is 8.17. The normalized spacial score (nSPS) is 11.7. The zero-order valence-electron chi connectivity index (χ0n) is 8.78. The van der Waals surface area contributed by atoms with Crippen molar-refractivity contribution >= 4 is 5.97 Å². The van der Waals surface area contributed by atoms with Crippen molar-refractivity contribution in [2.75, 3.05) is 26.9 Å². The number of rotatable bonds is 8. The van der Waals surface area contributed by atoms with E-state index in [9.17, 15) is 4.79 Å². The van der Waals surface area contributed by atoms with Crippen LogP contribution in [0.5, 0.6) is 0 Å². The summed E-state index contributed by atoms with van der Waals surface area (Å²) >= 11 is 0. The van der Waals surface area contributed by atoms with E-state index < -0.39 is 5.97 Å². The van der Waals surface area contributed by atoms with E-state index >= 15 is 0 Å². The first kappa shape index (κ1) is 13.1. The maximum atomic E-state index is 10.7. The van der Waals surface area contributed by atoms with Gasteiger partial charge in [-0.25, -0.2) is 4.79 Å². The van der Waals surface area contributed by atoms with Gasteiger partial charge < -0.3 is 14.6 Å². The van der Waals surface area contributed by atoms with Crippen molar-refractivity contribution in [3.63, 3.8) is 0 Å². The summed E-state index contributed by atoms with van der Waals surface area (Å²) in [5.74, 6) is -0.876. The quantitative estimate of drug-likeness (QED) is 0.478. The molecule has 0 atom stereocenters. The molecule has 0 aromatic rings. The van der Waals surface area contributed by atoms with Gasteiger partial charge in [0.05, 0.1) is 13.2 Å². The van der Waals surface area contributed by atoms with Crippen LogP contribution in [0.15, 0.2) is 11.6 Å². The van der Waals surface area contributed by atoms with Gasteiger partial charge >= 0.3 is 5.97 Å². The van der Waals surface area contributed by atoms with Gasteiger partial charge in [-0.2, -0.15) is 0 Å². The number of carboxylic acids is 1. The van der Waals surface area contributed by atoms with Gasteiger partial charge in [0, 0.05) is 25.7 Å². The number of aliphatic carboxylic acids is 1. The molecule has 14 heavy (non-hydrogen) atoms. The molecule has 0 amide bonds. The molecule has 0 unspecified atom stereocenters. The Hall–Kier alpha value is -0.870. The molecule has 0 aliphatic carbocycles. The van der Waals surface area contributed by atoms with Crippen molar-refractivity contribution in [2.24, 2.45) is 0 Å². The van der Waals surface area contributed by atoms with Crippen LogP contribution in [-0.2, 0) is 14.3 Å².